The van der Waals surface area contributed by atoms with Gasteiger partial charge in [0.05, 0.1) is 17.8 Å². The molecule has 1 aromatic carbocycles. The minimum atomic E-state index is 0.0334. The molecule has 4 N–H and O–H groups in total. The van der Waals surface area contributed by atoms with Crippen molar-refractivity contribution in [1.82, 2.24) is 4.90 Å². The Morgan fingerprint density at radius 1 is 1.47 bits per heavy atom. The van der Waals surface area contributed by atoms with Crippen LogP contribution < -0.4 is 16.4 Å². The minimum Gasteiger partial charge on any atom is -0.397 e. The van der Waals surface area contributed by atoms with Gasteiger partial charge >= 0.3 is 0 Å². The number of carbonyl (C=O) groups is 1. The van der Waals surface area contributed by atoms with Crippen molar-refractivity contribution in [1.29, 1.82) is 0 Å². The first-order valence-electron chi connectivity index (χ1n) is 6.63. The predicted octanol–water partition coefficient (Wildman–Crippen LogP) is 1.52. The first-order valence-corrected chi connectivity index (χ1v) is 6.63. The smallest absolute Gasteiger partial charge is 0.228 e. The van der Waals surface area contributed by atoms with Crippen LogP contribution in [0.25, 0.3) is 0 Å². The van der Waals surface area contributed by atoms with E-state index in [1.165, 1.54) is 0 Å². The number of hydrogen-bond donors (Lipinski definition) is 3. The highest BCUT2D eigenvalue weighted by Crippen LogP contribution is 2.31. The van der Waals surface area contributed by atoms with Crippen LogP contribution in [0.1, 0.15) is 19.4 Å². The Balaban J connectivity index is 1.98. The van der Waals surface area contributed by atoms with Gasteiger partial charge in [-0.25, -0.2) is 0 Å². The average Bonchev–Trinajstić information content (AvgIpc) is 2.68. The topological polar surface area (TPSA) is 70.4 Å². The van der Waals surface area contributed by atoms with Gasteiger partial charge in [0.2, 0.25) is 5.91 Å². The molecule has 0 radical (unpaired) electrons. The van der Waals surface area contributed by atoms with Crippen molar-refractivity contribution >= 4 is 23.0 Å². The molecular formula is C14H22N4O. The Labute approximate surface area is 114 Å². The molecule has 5 nitrogen and oxygen atoms in total. The average molecular weight is 262 g/mol. The van der Waals surface area contributed by atoms with Crippen molar-refractivity contribution in [2.75, 3.05) is 36.5 Å². The Morgan fingerprint density at radius 3 is 2.89 bits per heavy atom. The monoisotopic (exact) mass is 262 g/mol. The van der Waals surface area contributed by atoms with Gasteiger partial charge in [-0.1, -0.05) is 0 Å². The van der Waals surface area contributed by atoms with Gasteiger partial charge in [0, 0.05) is 24.8 Å². The van der Waals surface area contributed by atoms with E-state index in [1.807, 2.05) is 12.1 Å². The van der Waals surface area contributed by atoms with E-state index in [9.17, 15) is 4.79 Å². The van der Waals surface area contributed by atoms with Gasteiger partial charge in [-0.05, 0) is 38.6 Å². The van der Waals surface area contributed by atoms with Crippen molar-refractivity contribution in [3.63, 3.8) is 0 Å². The lowest BCUT2D eigenvalue weighted by Gasteiger charge is -2.21. The molecule has 2 rings (SSSR count). The molecule has 0 fully saturated rings. The van der Waals surface area contributed by atoms with Crippen LogP contribution in [-0.4, -0.2) is 37.0 Å². The molecule has 0 aromatic heterocycles. The van der Waals surface area contributed by atoms with Gasteiger partial charge in [-0.15, -0.1) is 0 Å². The second-order valence-electron chi connectivity index (χ2n) is 5.32. The fourth-order valence-corrected chi connectivity index (χ4v) is 2.07. The molecule has 1 amide bonds. The molecule has 1 aliphatic rings. The molecule has 0 aliphatic carbocycles. The maximum atomic E-state index is 11.3. The molecule has 5 heteroatoms. The molecule has 0 spiro atoms. The molecule has 1 aromatic rings. The van der Waals surface area contributed by atoms with Crippen molar-refractivity contribution < 1.29 is 4.79 Å². The predicted molar refractivity (Wildman–Crippen MR) is 79.4 cm³/mol. The molecule has 0 bridgehead atoms. The van der Waals surface area contributed by atoms with E-state index >= 15 is 0 Å². The number of nitrogens with zero attached hydrogens (tertiary/aromatic N) is 1. The van der Waals surface area contributed by atoms with Crippen LogP contribution in [0.3, 0.4) is 0 Å². The lowest BCUT2D eigenvalue weighted by molar-refractivity contribution is -0.115. The summed E-state index contributed by atoms with van der Waals surface area (Å²) in [7, 11) is 2.10. The third-order valence-electron chi connectivity index (χ3n) is 3.56. The quantitative estimate of drug-likeness (QED) is 0.704. The number of carbonyl (C=O) groups excluding carboxylic acids is 1. The zero-order valence-electron chi connectivity index (χ0n) is 11.8. The van der Waals surface area contributed by atoms with Crippen LogP contribution in [-0.2, 0) is 11.2 Å². The third-order valence-corrected chi connectivity index (χ3v) is 3.56. The Hall–Kier alpha value is -1.75. The van der Waals surface area contributed by atoms with Crippen molar-refractivity contribution in [3.8, 4) is 0 Å². The highest BCUT2D eigenvalue weighted by Gasteiger charge is 2.19. The van der Waals surface area contributed by atoms with Crippen LogP contribution in [0, 0.1) is 0 Å². The second-order valence-corrected chi connectivity index (χ2v) is 5.32. The Morgan fingerprint density at radius 2 is 2.21 bits per heavy atom. The van der Waals surface area contributed by atoms with Gasteiger partial charge in [0.25, 0.3) is 0 Å². The van der Waals surface area contributed by atoms with Gasteiger partial charge in [-0.2, -0.15) is 0 Å². The summed E-state index contributed by atoms with van der Waals surface area (Å²) in [6.45, 7) is 6.10. The number of hydrogen-bond acceptors (Lipinski definition) is 4. The summed E-state index contributed by atoms with van der Waals surface area (Å²) in [5.41, 5.74) is 9.44. The van der Waals surface area contributed by atoms with Crippen LogP contribution >= 0.6 is 0 Å². The lowest BCUT2D eigenvalue weighted by atomic mass is 10.1. The fraction of sp³-hybridized carbons (Fsp3) is 0.500. The van der Waals surface area contributed by atoms with Crippen LogP contribution in [0.15, 0.2) is 12.1 Å². The lowest BCUT2D eigenvalue weighted by Crippen LogP contribution is -2.31. The number of likely N-dealkylation sites (N-methyl/N-ethyl adjacent to an activating group) is 1. The van der Waals surface area contributed by atoms with Crippen molar-refractivity contribution in [2.45, 2.75) is 26.3 Å². The maximum Gasteiger partial charge on any atom is 0.228 e. The first-order chi connectivity index (χ1) is 8.97. The molecule has 104 valence electrons. The number of fused-ring (bicyclic) bond motifs is 1. The highest BCUT2D eigenvalue weighted by atomic mass is 16.1. The number of benzene rings is 1. The molecule has 0 saturated heterocycles. The van der Waals surface area contributed by atoms with E-state index in [0.29, 0.717) is 18.2 Å². The number of nitrogens with one attached hydrogen (secondary N) is 2. The Kier molecular flexibility index (Phi) is 3.95. The zero-order valence-corrected chi connectivity index (χ0v) is 11.8. The van der Waals surface area contributed by atoms with Gasteiger partial charge < -0.3 is 21.3 Å². The summed E-state index contributed by atoms with van der Waals surface area (Å²) in [4.78, 5) is 13.6. The van der Waals surface area contributed by atoms with Crippen molar-refractivity contribution in [3.05, 3.63) is 17.7 Å². The van der Waals surface area contributed by atoms with Crippen LogP contribution in [0.5, 0.6) is 0 Å². The molecule has 0 saturated carbocycles. The van der Waals surface area contributed by atoms with E-state index < -0.39 is 0 Å². The van der Waals surface area contributed by atoms with Gasteiger partial charge in [-0.3, -0.25) is 4.79 Å². The maximum absolute atomic E-state index is 11.3. The third kappa shape index (κ3) is 3.17. The summed E-state index contributed by atoms with van der Waals surface area (Å²) in [5, 5.41) is 6.16. The van der Waals surface area contributed by atoms with E-state index in [4.69, 9.17) is 5.73 Å². The molecule has 0 unspecified atom stereocenters. The SMILES string of the molecule is CC(C)N(C)CCNc1cc2c(cc1N)CC(=O)N2. The number of rotatable bonds is 5. The van der Waals surface area contributed by atoms with Gasteiger partial charge in [0.15, 0.2) is 0 Å². The van der Waals surface area contributed by atoms with E-state index in [-0.39, 0.29) is 5.91 Å². The summed E-state index contributed by atoms with van der Waals surface area (Å²) in [6.07, 6.45) is 0.426. The minimum absolute atomic E-state index is 0.0334. The first kappa shape index (κ1) is 13.7. The number of nitrogens with two attached hydrogens (primary N) is 1. The second kappa shape index (κ2) is 5.48. The summed E-state index contributed by atoms with van der Waals surface area (Å²) >= 11 is 0. The number of amides is 1. The van der Waals surface area contributed by atoms with Crippen molar-refractivity contribution in [2.24, 2.45) is 0 Å². The summed E-state index contributed by atoms with van der Waals surface area (Å²) in [5.74, 6) is 0.0334. The van der Waals surface area contributed by atoms with Crippen LogP contribution in [0.4, 0.5) is 17.1 Å². The molecule has 19 heavy (non-hydrogen) atoms. The standard InChI is InChI=1S/C14H22N4O/c1-9(2)18(3)5-4-16-13-8-12-10(6-11(13)15)7-14(19)17-12/h6,8-9,16H,4-5,7,15H2,1-3H3,(H,17,19). The molecule has 1 aliphatic heterocycles. The van der Waals surface area contributed by atoms with E-state index in [1.54, 1.807) is 0 Å². The van der Waals surface area contributed by atoms with E-state index in [0.717, 1.165) is 30.0 Å². The Bertz CT molecular complexity index is 485. The van der Waals surface area contributed by atoms with Crippen LogP contribution in [0.2, 0.25) is 0 Å². The summed E-state index contributed by atoms with van der Waals surface area (Å²) in [6, 6.07) is 4.32. The van der Waals surface area contributed by atoms with Gasteiger partial charge in [0.1, 0.15) is 0 Å². The largest absolute Gasteiger partial charge is 0.397 e. The van der Waals surface area contributed by atoms with E-state index in [2.05, 4.69) is 36.4 Å². The molecular weight excluding hydrogens is 240 g/mol. The molecule has 0 atom stereocenters. The number of nitrogen functional groups attached to an aromatic ring is 1. The highest BCUT2D eigenvalue weighted by molar-refractivity contribution is 6.00. The fourth-order valence-electron chi connectivity index (χ4n) is 2.07. The normalized spacial score (nSPS) is 13.8. The summed E-state index contributed by atoms with van der Waals surface area (Å²) < 4.78 is 0. The molecule has 1 heterocycles. The number of anilines is 3. The zero-order chi connectivity index (χ0) is 14.0.